The number of benzene rings is 1. The van der Waals surface area contributed by atoms with E-state index in [1.165, 1.54) is 4.90 Å². The Hall–Kier alpha value is -1.92. The third-order valence-corrected chi connectivity index (χ3v) is 4.67. The van der Waals surface area contributed by atoms with Gasteiger partial charge in [0.05, 0.1) is 4.91 Å². The number of hydrogen-bond donors (Lipinski definition) is 1. The lowest BCUT2D eigenvalue weighted by Gasteiger charge is -2.26. The second kappa shape index (κ2) is 7.57. The van der Waals surface area contributed by atoms with Gasteiger partial charge >= 0.3 is 5.97 Å². The second-order valence-electron chi connectivity index (χ2n) is 5.37. The summed E-state index contributed by atoms with van der Waals surface area (Å²) in [7, 11) is 0. The fourth-order valence-corrected chi connectivity index (χ4v) is 3.52. The van der Waals surface area contributed by atoms with E-state index in [0.29, 0.717) is 4.91 Å². The number of carboxylic acid groups (broad SMARTS) is 1. The Morgan fingerprint density at radius 3 is 2.52 bits per heavy atom. The van der Waals surface area contributed by atoms with Gasteiger partial charge < -0.3 is 5.11 Å². The molecule has 0 aliphatic carbocycles. The van der Waals surface area contributed by atoms with Crippen LogP contribution in [0.3, 0.4) is 0 Å². The van der Waals surface area contributed by atoms with E-state index in [0.717, 1.165) is 17.3 Å². The summed E-state index contributed by atoms with van der Waals surface area (Å²) in [5.41, 5.74) is 1.02. The van der Waals surface area contributed by atoms with Gasteiger partial charge in [0.1, 0.15) is 10.4 Å². The molecule has 23 heavy (non-hydrogen) atoms. The van der Waals surface area contributed by atoms with Crippen LogP contribution in [0.4, 0.5) is 0 Å². The van der Waals surface area contributed by atoms with E-state index >= 15 is 0 Å². The first-order valence-electron chi connectivity index (χ1n) is 7.13. The fraction of sp³-hybridized carbons (Fsp3) is 0.235. The number of aliphatic carboxylic acids is 1. The number of rotatable bonds is 5. The zero-order valence-corrected chi connectivity index (χ0v) is 14.4. The van der Waals surface area contributed by atoms with Crippen molar-refractivity contribution in [1.29, 1.82) is 0 Å². The van der Waals surface area contributed by atoms with Crippen LogP contribution in [0, 0.1) is 5.92 Å². The Bertz CT molecular complexity index is 680. The van der Waals surface area contributed by atoms with Gasteiger partial charge in [0.2, 0.25) is 0 Å². The maximum absolute atomic E-state index is 12.5. The summed E-state index contributed by atoms with van der Waals surface area (Å²) in [5, 5.41) is 9.35. The lowest BCUT2D eigenvalue weighted by molar-refractivity contribution is -0.146. The van der Waals surface area contributed by atoms with Crippen LogP contribution < -0.4 is 0 Å². The van der Waals surface area contributed by atoms with Gasteiger partial charge in [-0.25, -0.2) is 4.79 Å². The molecule has 1 amide bonds. The molecule has 1 heterocycles. The van der Waals surface area contributed by atoms with E-state index in [2.05, 4.69) is 0 Å². The molecule has 1 unspecified atom stereocenters. The van der Waals surface area contributed by atoms with Crippen LogP contribution in [0.15, 0.2) is 47.4 Å². The minimum Gasteiger partial charge on any atom is -0.480 e. The first-order chi connectivity index (χ1) is 10.9. The normalized spacial score (nSPS) is 18.4. The monoisotopic (exact) mass is 347 g/mol. The molecule has 0 spiro atoms. The Morgan fingerprint density at radius 2 is 1.96 bits per heavy atom. The van der Waals surface area contributed by atoms with Gasteiger partial charge in [-0.15, -0.1) is 0 Å². The van der Waals surface area contributed by atoms with Gasteiger partial charge in [-0.1, -0.05) is 80.3 Å². The highest BCUT2D eigenvalue weighted by atomic mass is 32.2. The molecule has 1 aliphatic rings. The third kappa shape index (κ3) is 4.09. The zero-order valence-electron chi connectivity index (χ0n) is 12.8. The number of thiocarbonyl (C=S) groups is 1. The van der Waals surface area contributed by atoms with Crippen molar-refractivity contribution in [3.63, 3.8) is 0 Å². The van der Waals surface area contributed by atoms with Crippen molar-refractivity contribution in [2.75, 3.05) is 0 Å². The van der Waals surface area contributed by atoms with Crippen LogP contribution in [-0.2, 0) is 9.59 Å². The number of allylic oxidation sites excluding steroid dienone is 2. The summed E-state index contributed by atoms with van der Waals surface area (Å²) in [5.74, 6) is -1.62. The van der Waals surface area contributed by atoms with E-state index in [4.69, 9.17) is 12.2 Å². The van der Waals surface area contributed by atoms with Gasteiger partial charge in [0.15, 0.2) is 0 Å². The molecule has 1 aliphatic heterocycles. The number of carboxylic acids is 1. The Morgan fingerprint density at radius 1 is 1.30 bits per heavy atom. The molecule has 4 nitrogen and oxygen atoms in total. The lowest BCUT2D eigenvalue weighted by Crippen LogP contribution is -2.47. The average Bonchev–Trinajstić information content (AvgIpc) is 2.76. The highest BCUT2D eigenvalue weighted by molar-refractivity contribution is 8.26. The number of nitrogens with zero attached hydrogens (tertiary/aromatic N) is 1. The maximum Gasteiger partial charge on any atom is 0.327 e. The smallest absolute Gasteiger partial charge is 0.327 e. The van der Waals surface area contributed by atoms with Gasteiger partial charge in [-0.05, 0) is 17.6 Å². The van der Waals surface area contributed by atoms with E-state index in [1.54, 1.807) is 26.0 Å². The van der Waals surface area contributed by atoms with Gasteiger partial charge in [-0.3, -0.25) is 9.69 Å². The molecule has 1 aromatic carbocycles. The highest BCUT2D eigenvalue weighted by Gasteiger charge is 2.41. The number of amides is 1. The van der Waals surface area contributed by atoms with Crippen LogP contribution in [0.5, 0.6) is 0 Å². The molecule has 0 radical (unpaired) electrons. The minimum absolute atomic E-state index is 0.228. The summed E-state index contributed by atoms with van der Waals surface area (Å²) in [4.78, 5) is 25.5. The third-order valence-electron chi connectivity index (χ3n) is 3.32. The van der Waals surface area contributed by atoms with Crippen molar-refractivity contribution in [2.24, 2.45) is 5.92 Å². The molecule has 0 saturated carbocycles. The van der Waals surface area contributed by atoms with Gasteiger partial charge in [0, 0.05) is 0 Å². The molecule has 6 heteroatoms. The molecule has 1 atom stereocenters. The molecule has 0 bridgehead atoms. The van der Waals surface area contributed by atoms with E-state index < -0.39 is 12.0 Å². The summed E-state index contributed by atoms with van der Waals surface area (Å²) < 4.78 is 0.287. The van der Waals surface area contributed by atoms with Crippen molar-refractivity contribution in [3.8, 4) is 0 Å². The lowest BCUT2D eigenvalue weighted by atomic mass is 10.0. The standard InChI is InChI=1S/C17H17NO3S2/c1-11(2)14(16(20)21)18-15(19)13(23-17(18)22)10-6-9-12-7-4-3-5-8-12/h3-11,14H,1-2H3,(H,20,21). The Balaban J connectivity index is 2.19. The predicted molar refractivity (Wildman–Crippen MR) is 96.9 cm³/mol. The summed E-state index contributed by atoms with van der Waals surface area (Å²) >= 11 is 6.33. The zero-order chi connectivity index (χ0) is 17.0. The molecular formula is C17H17NO3S2. The van der Waals surface area contributed by atoms with Crippen molar-refractivity contribution < 1.29 is 14.7 Å². The van der Waals surface area contributed by atoms with Crippen molar-refractivity contribution in [2.45, 2.75) is 19.9 Å². The van der Waals surface area contributed by atoms with Crippen molar-refractivity contribution in [1.82, 2.24) is 4.90 Å². The molecule has 1 fully saturated rings. The molecule has 1 aromatic rings. The number of carbonyl (C=O) groups excluding carboxylic acids is 1. The van der Waals surface area contributed by atoms with Crippen LogP contribution in [-0.4, -0.2) is 32.2 Å². The first kappa shape index (κ1) is 17.4. The van der Waals surface area contributed by atoms with Crippen molar-refractivity contribution in [3.05, 3.63) is 53.0 Å². The largest absolute Gasteiger partial charge is 0.480 e. The number of hydrogen-bond acceptors (Lipinski definition) is 4. The molecular weight excluding hydrogens is 330 g/mol. The topological polar surface area (TPSA) is 57.6 Å². The first-order valence-corrected chi connectivity index (χ1v) is 8.36. The van der Waals surface area contributed by atoms with Crippen molar-refractivity contribution >= 4 is 46.3 Å². The minimum atomic E-state index is -1.04. The van der Waals surface area contributed by atoms with Crippen LogP contribution >= 0.6 is 24.0 Å². The highest BCUT2D eigenvalue weighted by Crippen LogP contribution is 2.34. The van der Waals surface area contributed by atoms with Crippen LogP contribution in [0.1, 0.15) is 19.4 Å². The quantitative estimate of drug-likeness (QED) is 0.652. The Kier molecular flexibility index (Phi) is 5.74. The second-order valence-corrected chi connectivity index (χ2v) is 7.05. The van der Waals surface area contributed by atoms with E-state index in [1.807, 2.05) is 36.4 Å². The number of carbonyl (C=O) groups is 2. The maximum atomic E-state index is 12.5. The molecule has 1 N–H and O–H groups in total. The summed E-state index contributed by atoms with van der Waals surface area (Å²) in [6, 6.07) is 8.76. The average molecular weight is 347 g/mol. The fourth-order valence-electron chi connectivity index (χ4n) is 2.24. The van der Waals surface area contributed by atoms with Gasteiger partial charge in [0.25, 0.3) is 5.91 Å². The number of thioether (sulfide) groups is 1. The SMILES string of the molecule is CC(C)C(C(=O)O)N1C(=O)C(=CC=Cc2ccccc2)SC1=S. The van der Waals surface area contributed by atoms with E-state index in [9.17, 15) is 14.7 Å². The molecule has 0 aromatic heterocycles. The van der Waals surface area contributed by atoms with Gasteiger partial charge in [-0.2, -0.15) is 0 Å². The molecule has 2 rings (SSSR count). The summed E-state index contributed by atoms with van der Waals surface area (Å²) in [6.07, 6.45) is 5.32. The Labute approximate surface area is 144 Å². The van der Waals surface area contributed by atoms with Crippen LogP contribution in [0.2, 0.25) is 0 Å². The predicted octanol–water partition coefficient (Wildman–Crippen LogP) is 3.55. The molecule has 120 valence electrons. The van der Waals surface area contributed by atoms with Crippen LogP contribution in [0.25, 0.3) is 6.08 Å². The van der Waals surface area contributed by atoms with E-state index in [-0.39, 0.29) is 16.1 Å². The summed E-state index contributed by atoms with van der Waals surface area (Å²) in [6.45, 7) is 3.52. The molecule has 1 saturated heterocycles.